The molecule has 0 spiro atoms. The molecule has 0 bridgehead atoms. The van der Waals surface area contributed by atoms with Crippen molar-refractivity contribution in [2.45, 2.75) is 38.0 Å². The zero-order chi connectivity index (χ0) is 12.8. The predicted molar refractivity (Wildman–Crippen MR) is 66.7 cm³/mol. The van der Waals surface area contributed by atoms with E-state index in [0.717, 1.165) is 5.56 Å². The first-order valence-electron chi connectivity index (χ1n) is 5.61. The first kappa shape index (κ1) is 12.6. The molecule has 1 fully saturated rings. The van der Waals surface area contributed by atoms with E-state index in [1.165, 1.54) is 0 Å². The summed E-state index contributed by atoms with van der Waals surface area (Å²) in [6.07, 6.45) is 1.04. The molecule has 1 aromatic carbocycles. The zero-order valence-electron chi connectivity index (χ0n) is 9.76. The van der Waals surface area contributed by atoms with Gasteiger partial charge in [0.25, 0.3) is 0 Å². The Balaban J connectivity index is 2.57. The molecule has 0 heterocycles. The largest absolute Gasteiger partial charge is 0.481 e. The van der Waals surface area contributed by atoms with Crippen LogP contribution >= 0.6 is 15.9 Å². The van der Waals surface area contributed by atoms with Crippen LogP contribution in [0.3, 0.4) is 0 Å². The van der Waals surface area contributed by atoms with Gasteiger partial charge in [-0.25, -0.2) is 4.39 Å². The lowest BCUT2D eigenvalue weighted by molar-refractivity contribution is -0.140. The van der Waals surface area contributed by atoms with Crippen LogP contribution in [0.4, 0.5) is 4.39 Å². The fourth-order valence-corrected chi connectivity index (χ4v) is 2.49. The van der Waals surface area contributed by atoms with Gasteiger partial charge in [0.05, 0.1) is 9.89 Å². The Labute approximate surface area is 108 Å². The van der Waals surface area contributed by atoms with Gasteiger partial charge in [-0.05, 0) is 46.3 Å². The normalized spacial score (nSPS) is 17.2. The number of hydrogen-bond donors (Lipinski definition) is 1. The van der Waals surface area contributed by atoms with Gasteiger partial charge in [-0.2, -0.15) is 0 Å². The summed E-state index contributed by atoms with van der Waals surface area (Å²) in [7, 11) is 0. The molecule has 0 saturated heterocycles. The summed E-state index contributed by atoms with van der Waals surface area (Å²) in [5.74, 6) is -1.12. The fraction of sp³-hybridized carbons (Fsp3) is 0.462. The third kappa shape index (κ3) is 1.99. The molecular formula is C13H14BrFO2. The molecule has 0 radical (unpaired) electrons. The maximum Gasteiger partial charge on any atom is 0.314 e. The van der Waals surface area contributed by atoms with E-state index in [2.05, 4.69) is 15.9 Å². The molecule has 0 amide bonds. The number of rotatable bonds is 3. The van der Waals surface area contributed by atoms with E-state index >= 15 is 0 Å². The standard InChI is InChI=1S/C13H14BrFO2/c1-7(2)8-5-9(11(15)10(14)6-8)13(3-4-13)12(16)17/h5-7H,3-4H2,1-2H3,(H,16,17). The van der Waals surface area contributed by atoms with Gasteiger partial charge in [-0.1, -0.05) is 19.9 Å². The molecule has 0 aliphatic heterocycles. The van der Waals surface area contributed by atoms with Crippen LogP contribution in [0.15, 0.2) is 16.6 Å². The third-order valence-corrected chi connectivity index (χ3v) is 3.97. The summed E-state index contributed by atoms with van der Waals surface area (Å²) in [6.45, 7) is 4.01. The summed E-state index contributed by atoms with van der Waals surface area (Å²) < 4.78 is 14.4. The van der Waals surface area contributed by atoms with Crippen LogP contribution in [0, 0.1) is 5.82 Å². The number of carboxylic acids is 1. The Bertz CT molecular complexity index is 479. The highest BCUT2D eigenvalue weighted by Gasteiger charge is 2.53. The van der Waals surface area contributed by atoms with Crippen molar-refractivity contribution in [3.8, 4) is 0 Å². The highest BCUT2D eigenvalue weighted by atomic mass is 79.9. The molecule has 0 unspecified atom stereocenters. The van der Waals surface area contributed by atoms with Crippen LogP contribution in [0.1, 0.15) is 43.7 Å². The molecule has 1 N–H and O–H groups in total. The van der Waals surface area contributed by atoms with Gasteiger partial charge in [-0.15, -0.1) is 0 Å². The van der Waals surface area contributed by atoms with Crippen molar-refractivity contribution in [3.05, 3.63) is 33.5 Å². The topological polar surface area (TPSA) is 37.3 Å². The highest BCUT2D eigenvalue weighted by Crippen LogP contribution is 2.50. The van der Waals surface area contributed by atoms with Crippen molar-refractivity contribution in [1.29, 1.82) is 0 Å². The first-order chi connectivity index (χ1) is 7.88. The van der Waals surface area contributed by atoms with Crippen LogP contribution in [-0.2, 0) is 10.2 Å². The smallest absolute Gasteiger partial charge is 0.314 e. The Morgan fingerprint density at radius 1 is 1.47 bits per heavy atom. The van der Waals surface area contributed by atoms with Gasteiger partial charge in [0.15, 0.2) is 0 Å². The SMILES string of the molecule is CC(C)c1cc(Br)c(F)c(C2(C(=O)O)CC2)c1. The average molecular weight is 301 g/mol. The third-order valence-electron chi connectivity index (χ3n) is 3.39. The second-order valence-electron chi connectivity index (χ2n) is 4.91. The molecule has 92 valence electrons. The summed E-state index contributed by atoms with van der Waals surface area (Å²) >= 11 is 3.17. The Kier molecular flexibility index (Phi) is 3.02. The van der Waals surface area contributed by atoms with E-state index in [4.69, 9.17) is 0 Å². The van der Waals surface area contributed by atoms with Crippen molar-refractivity contribution in [2.75, 3.05) is 0 Å². The van der Waals surface area contributed by atoms with E-state index in [-0.39, 0.29) is 5.92 Å². The number of halogens is 2. The predicted octanol–water partition coefficient (Wildman–Crippen LogP) is 3.83. The van der Waals surface area contributed by atoms with Gasteiger partial charge in [0.2, 0.25) is 0 Å². The second kappa shape index (κ2) is 4.09. The van der Waals surface area contributed by atoms with E-state index in [1.54, 1.807) is 12.1 Å². The van der Waals surface area contributed by atoms with Crippen molar-refractivity contribution >= 4 is 21.9 Å². The average Bonchev–Trinajstić information content (AvgIpc) is 3.02. The van der Waals surface area contributed by atoms with Gasteiger partial charge in [0.1, 0.15) is 5.82 Å². The molecule has 1 aromatic rings. The van der Waals surface area contributed by atoms with E-state index < -0.39 is 17.2 Å². The van der Waals surface area contributed by atoms with Crippen molar-refractivity contribution in [1.82, 2.24) is 0 Å². The van der Waals surface area contributed by atoms with Crippen molar-refractivity contribution in [3.63, 3.8) is 0 Å². The molecule has 2 nitrogen and oxygen atoms in total. The van der Waals surface area contributed by atoms with E-state index in [0.29, 0.717) is 22.9 Å². The van der Waals surface area contributed by atoms with Gasteiger partial charge >= 0.3 is 5.97 Å². The van der Waals surface area contributed by atoms with Gasteiger partial charge in [-0.3, -0.25) is 4.79 Å². The highest BCUT2D eigenvalue weighted by molar-refractivity contribution is 9.10. The molecule has 0 atom stereocenters. The summed E-state index contributed by atoms with van der Waals surface area (Å²) in [5.41, 5.74) is 0.293. The molecule has 0 aromatic heterocycles. The number of carbonyl (C=O) groups is 1. The van der Waals surface area contributed by atoms with Crippen molar-refractivity contribution < 1.29 is 14.3 Å². The molecular weight excluding hydrogens is 287 g/mol. The zero-order valence-corrected chi connectivity index (χ0v) is 11.3. The van der Waals surface area contributed by atoms with Crippen LogP contribution in [0.5, 0.6) is 0 Å². The van der Waals surface area contributed by atoms with Gasteiger partial charge in [0, 0.05) is 5.56 Å². The Morgan fingerprint density at radius 2 is 2.06 bits per heavy atom. The molecule has 2 rings (SSSR count). The van der Waals surface area contributed by atoms with Crippen LogP contribution in [0.25, 0.3) is 0 Å². The molecule has 1 saturated carbocycles. The molecule has 17 heavy (non-hydrogen) atoms. The minimum Gasteiger partial charge on any atom is -0.481 e. The lowest BCUT2D eigenvalue weighted by Gasteiger charge is -2.16. The summed E-state index contributed by atoms with van der Waals surface area (Å²) in [4.78, 5) is 11.2. The van der Waals surface area contributed by atoms with Crippen LogP contribution < -0.4 is 0 Å². The van der Waals surface area contributed by atoms with Crippen LogP contribution in [0.2, 0.25) is 0 Å². The van der Waals surface area contributed by atoms with E-state index in [9.17, 15) is 14.3 Å². The maximum atomic E-state index is 14.0. The molecule has 1 aliphatic rings. The minimum atomic E-state index is -0.989. The Morgan fingerprint density at radius 3 is 2.47 bits per heavy atom. The lowest BCUT2D eigenvalue weighted by atomic mass is 9.91. The maximum absolute atomic E-state index is 14.0. The number of benzene rings is 1. The Hall–Kier alpha value is -0.900. The summed E-state index contributed by atoms with van der Waals surface area (Å²) in [5, 5.41) is 9.22. The quantitative estimate of drug-likeness (QED) is 0.921. The van der Waals surface area contributed by atoms with Gasteiger partial charge < -0.3 is 5.11 Å². The van der Waals surface area contributed by atoms with E-state index in [1.807, 2.05) is 13.8 Å². The molecule has 1 aliphatic carbocycles. The second-order valence-corrected chi connectivity index (χ2v) is 5.76. The van der Waals surface area contributed by atoms with Crippen LogP contribution in [-0.4, -0.2) is 11.1 Å². The first-order valence-corrected chi connectivity index (χ1v) is 6.40. The minimum absolute atomic E-state index is 0.246. The number of hydrogen-bond acceptors (Lipinski definition) is 1. The lowest BCUT2D eigenvalue weighted by Crippen LogP contribution is -2.21. The number of carboxylic acid groups (broad SMARTS) is 1. The molecule has 4 heteroatoms. The number of aliphatic carboxylic acids is 1. The fourth-order valence-electron chi connectivity index (χ4n) is 2.01. The van der Waals surface area contributed by atoms with Crippen molar-refractivity contribution in [2.24, 2.45) is 0 Å². The summed E-state index contributed by atoms with van der Waals surface area (Å²) in [6, 6.07) is 3.42. The monoisotopic (exact) mass is 300 g/mol.